The van der Waals surface area contributed by atoms with Crippen molar-refractivity contribution in [1.29, 1.82) is 0 Å². The number of nitrogens with one attached hydrogen (secondary N) is 5. The van der Waals surface area contributed by atoms with Crippen LogP contribution in [0.25, 0.3) is 0 Å². The fourth-order valence-corrected chi connectivity index (χ4v) is 8.11. The molecule has 2 spiro atoms. The van der Waals surface area contributed by atoms with Crippen LogP contribution >= 0.6 is 0 Å². The van der Waals surface area contributed by atoms with E-state index in [1.165, 1.54) is 5.56 Å². The van der Waals surface area contributed by atoms with E-state index in [9.17, 15) is 24.0 Å². The number of amides is 6. The Morgan fingerprint density at radius 1 is 0.483 bits per heavy atom. The summed E-state index contributed by atoms with van der Waals surface area (Å²) in [6.45, 7) is 4.28. The van der Waals surface area contributed by atoms with E-state index in [0.717, 1.165) is 55.7 Å². The van der Waals surface area contributed by atoms with Crippen LogP contribution in [0.15, 0.2) is 109 Å². The van der Waals surface area contributed by atoms with Crippen molar-refractivity contribution in [2.24, 2.45) is 0 Å². The maximum absolute atomic E-state index is 12.6. The topological polar surface area (TPSA) is 152 Å². The van der Waals surface area contributed by atoms with Crippen LogP contribution in [0.3, 0.4) is 0 Å². The normalized spacial score (nSPS) is 18.0. The predicted octanol–water partition coefficient (Wildman–Crippen LogP) is 7.75. The zero-order chi connectivity index (χ0) is 38.3. The summed E-state index contributed by atoms with van der Waals surface area (Å²) in [5.41, 5.74) is 5.01. The van der Waals surface area contributed by atoms with Gasteiger partial charge in [0.05, 0.1) is 11.1 Å². The van der Waals surface area contributed by atoms with E-state index in [2.05, 4.69) is 38.7 Å². The van der Waals surface area contributed by atoms with Gasteiger partial charge >= 0.3 is 12.1 Å². The van der Waals surface area contributed by atoms with Gasteiger partial charge in [0, 0.05) is 72.6 Å². The number of anilines is 2. The monoisotopic (exact) mass is 789 g/mol. The molecular formula is C46H59N7O5. The van der Waals surface area contributed by atoms with Crippen molar-refractivity contribution >= 4 is 41.0 Å². The molecule has 0 saturated carbocycles. The molecule has 12 heteroatoms. The first-order valence-electron chi connectivity index (χ1n) is 19.0. The summed E-state index contributed by atoms with van der Waals surface area (Å²) in [5.74, 6) is 0.342. The van der Waals surface area contributed by atoms with Gasteiger partial charge in [0.25, 0.3) is 11.8 Å². The first kappa shape index (κ1) is 44.7. The van der Waals surface area contributed by atoms with Crippen molar-refractivity contribution in [3.05, 3.63) is 131 Å². The van der Waals surface area contributed by atoms with Gasteiger partial charge < -0.3 is 36.4 Å². The highest BCUT2D eigenvalue weighted by molar-refractivity contribution is 5.96. The Labute approximate surface area is 343 Å². The largest absolute Gasteiger partial charge is 0.338 e. The van der Waals surface area contributed by atoms with Crippen LogP contribution in [0.4, 0.5) is 21.0 Å². The minimum Gasteiger partial charge on any atom is -0.338 e. The Balaban J connectivity index is 0.000000195. The third-order valence-corrected chi connectivity index (χ3v) is 11.1. The van der Waals surface area contributed by atoms with Crippen molar-refractivity contribution in [2.75, 3.05) is 49.9 Å². The van der Waals surface area contributed by atoms with E-state index in [-0.39, 0.29) is 63.0 Å². The zero-order valence-corrected chi connectivity index (χ0v) is 30.8. The molecule has 5 N–H and O–H groups in total. The number of para-hydroxylation sites is 2. The molecule has 0 radical (unpaired) electrons. The molecule has 0 atom stereocenters. The van der Waals surface area contributed by atoms with Crippen molar-refractivity contribution < 1.29 is 24.0 Å². The van der Waals surface area contributed by atoms with Gasteiger partial charge in [-0.3, -0.25) is 14.4 Å². The fraction of sp³-hybridized carbons (Fsp3) is 0.370. The quantitative estimate of drug-likeness (QED) is 0.140. The standard InChI is InChI=1S/C19H19N3O2.C12H15N3O.C12H13NO2.3CH4/c23-17(14-6-2-1-3-7-14)22-12-10-19(11-13-22)15-8-4-5-9-16(15)20-18(24)21-19;16-11-14-10-4-2-1-3-9(10)12(15-11)5-7-13-8-6-12;14-11-6-8-13(9-7-11)12(15)10-4-2-1-3-5-10;;;/h1-9H,10-13H2,(H2,20,21,24);1-4,13H,5-8H2,(H2,14,15,16);1-5H,6-9H2;3*1H4. The van der Waals surface area contributed by atoms with E-state index in [4.69, 9.17) is 0 Å². The van der Waals surface area contributed by atoms with Crippen molar-refractivity contribution in [1.82, 2.24) is 25.8 Å². The second kappa shape index (κ2) is 19.9. The number of hydrogen-bond donors (Lipinski definition) is 5. The lowest BCUT2D eigenvalue weighted by atomic mass is 9.79. The molecule has 0 bridgehead atoms. The number of rotatable bonds is 2. The van der Waals surface area contributed by atoms with Crippen LogP contribution < -0.4 is 26.6 Å². The molecule has 0 aromatic heterocycles. The molecule has 308 valence electrons. The number of piperidine rings is 3. The van der Waals surface area contributed by atoms with Gasteiger partial charge in [0.1, 0.15) is 5.78 Å². The highest BCUT2D eigenvalue weighted by Gasteiger charge is 2.43. The van der Waals surface area contributed by atoms with Crippen molar-refractivity contribution in [3.63, 3.8) is 0 Å². The van der Waals surface area contributed by atoms with Gasteiger partial charge in [0.15, 0.2) is 0 Å². The SMILES string of the molecule is C.C.C.O=C1CCN(C(=O)c2ccccc2)CC1.O=C1Nc2ccccc2C2(CCN(C(=O)c3ccccc3)CC2)N1.O=C1Nc2ccccc2C2(CCNCC2)N1. The second-order valence-electron chi connectivity index (χ2n) is 14.5. The summed E-state index contributed by atoms with van der Waals surface area (Å²) in [5, 5.41) is 15.2. The molecule has 3 saturated heterocycles. The Kier molecular flexibility index (Phi) is 15.3. The fourth-order valence-electron chi connectivity index (χ4n) is 8.11. The zero-order valence-electron chi connectivity index (χ0n) is 30.8. The molecule has 6 amide bonds. The van der Waals surface area contributed by atoms with Crippen LogP contribution in [-0.4, -0.2) is 78.7 Å². The minimum atomic E-state index is -0.383. The van der Waals surface area contributed by atoms with Crippen LogP contribution in [-0.2, 0) is 15.9 Å². The first-order chi connectivity index (χ1) is 26.8. The molecule has 3 fully saturated rings. The third kappa shape index (κ3) is 9.92. The first-order valence-corrected chi connectivity index (χ1v) is 19.0. The molecule has 0 unspecified atom stereocenters. The van der Waals surface area contributed by atoms with Crippen LogP contribution in [0.1, 0.15) is 92.6 Å². The number of Topliss-reactive ketones (excluding diaryl/α,β-unsaturated/α-hetero) is 1. The molecule has 4 aromatic rings. The van der Waals surface area contributed by atoms with Gasteiger partial charge in [-0.2, -0.15) is 0 Å². The summed E-state index contributed by atoms with van der Waals surface area (Å²) in [6, 6.07) is 34.2. The van der Waals surface area contributed by atoms with Crippen molar-refractivity contribution in [2.45, 2.75) is 71.9 Å². The number of hydrogen-bond acceptors (Lipinski definition) is 6. The molecule has 0 aliphatic carbocycles. The van der Waals surface area contributed by atoms with E-state index < -0.39 is 0 Å². The van der Waals surface area contributed by atoms with Gasteiger partial charge in [0.2, 0.25) is 0 Å². The smallest absolute Gasteiger partial charge is 0.319 e. The van der Waals surface area contributed by atoms with Gasteiger partial charge in [-0.1, -0.05) is 95.1 Å². The average Bonchev–Trinajstić information content (AvgIpc) is 3.22. The lowest BCUT2D eigenvalue weighted by Crippen LogP contribution is -2.57. The average molecular weight is 790 g/mol. The summed E-state index contributed by atoms with van der Waals surface area (Å²) in [7, 11) is 0. The molecule has 9 rings (SSSR count). The Morgan fingerprint density at radius 3 is 1.31 bits per heavy atom. The highest BCUT2D eigenvalue weighted by atomic mass is 16.2. The van der Waals surface area contributed by atoms with Crippen LogP contribution in [0, 0.1) is 0 Å². The number of ketones is 1. The molecule has 5 aliphatic rings. The molecular weight excluding hydrogens is 731 g/mol. The predicted molar refractivity (Wildman–Crippen MR) is 231 cm³/mol. The van der Waals surface area contributed by atoms with Crippen LogP contribution in [0.2, 0.25) is 0 Å². The number of benzene rings is 4. The molecule has 12 nitrogen and oxygen atoms in total. The number of carbonyl (C=O) groups excluding carboxylic acids is 5. The summed E-state index contributed by atoms with van der Waals surface area (Å²) in [6.07, 6.45) is 4.35. The second-order valence-corrected chi connectivity index (χ2v) is 14.5. The lowest BCUT2D eigenvalue weighted by Gasteiger charge is -2.45. The summed E-state index contributed by atoms with van der Waals surface area (Å²) < 4.78 is 0. The lowest BCUT2D eigenvalue weighted by molar-refractivity contribution is -0.120. The van der Waals surface area contributed by atoms with E-state index in [1.807, 2.05) is 89.8 Å². The third-order valence-electron chi connectivity index (χ3n) is 11.1. The van der Waals surface area contributed by atoms with E-state index in [1.54, 1.807) is 17.0 Å². The van der Waals surface area contributed by atoms with E-state index in [0.29, 0.717) is 50.1 Å². The maximum Gasteiger partial charge on any atom is 0.319 e. The Bertz CT molecular complexity index is 2020. The van der Waals surface area contributed by atoms with E-state index >= 15 is 0 Å². The minimum absolute atomic E-state index is 0. The Morgan fingerprint density at radius 2 is 0.862 bits per heavy atom. The molecule has 58 heavy (non-hydrogen) atoms. The van der Waals surface area contributed by atoms with Gasteiger partial charge in [-0.25, -0.2) is 9.59 Å². The summed E-state index contributed by atoms with van der Waals surface area (Å²) in [4.78, 5) is 62.9. The van der Waals surface area contributed by atoms with Gasteiger partial charge in [-0.05, 0) is 75.2 Å². The maximum atomic E-state index is 12.6. The molecule has 4 aromatic carbocycles. The number of likely N-dealkylation sites (tertiary alicyclic amines) is 2. The number of nitrogens with zero attached hydrogens (tertiary/aromatic N) is 2. The molecule has 5 aliphatic heterocycles. The molecule has 5 heterocycles. The number of urea groups is 2. The highest BCUT2D eigenvalue weighted by Crippen LogP contribution is 2.40. The summed E-state index contributed by atoms with van der Waals surface area (Å²) >= 11 is 0. The van der Waals surface area contributed by atoms with Crippen LogP contribution in [0.5, 0.6) is 0 Å². The van der Waals surface area contributed by atoms with Crippen molar-refractivity contribution in [3.8, 4) is 0 Å². The number of carbonyl (C=O) groups is 5. The Hall–Kier alpha value is -6.01. The van der Waals surface area contributed by atoms with Gasteiger partial charge in [-0.15, -0.1) is 0 Å². The number of fused-ring (bicyclic) bond motifs is 4.